The highest BCUT2D eigenvalue weighted by molar-refractivity contribution is 5.99. The highest BCUT2D eigenvalue weighted by Gasteiger charge is 2.28. The fraction of sp³-hybridized carbons (Fsp3) is 0.643. The molecule has 0 amide bonds. The molecule has 3 heteroatoms. The molecular formula is C14H22N2O. The van der Waals surface area contributed by atoms with E-state index in [9.17, 15) is 4.79 Å². The zero-order valence-corrected chi connectivity index (χ0v) is 11.2. The van der Waals surface area contributed by atoms with E-state index in [0.717, 1.165) is 11.3 Å². The van der Waals surface area contributed by atoms with Gasteiger partial charge in [0.25, 0.3) is 0 Å². The summed E-state index contributed by atoms with van der Waals surface area (Å²) in [6, 6.07) is 3.04. The maximum atomic E-state index is 12.1. The van der Waals surface area contributed by atoms with Crippen molar-refractivity contribution in [2.24, 2.45) is 0 Å². The van der Waals surface area contributed by atoms with Crippen LogP contribution in [0.15, 0.2) is 6.07 Å². The van der Waals surface area contributed by atoms with Crippen molar-refractivity contribution in [2.75, 3.05) is 6.54 Å². The molecule has 0 radical (unpaired) electrons. The summed E-state index contributed by atoms with van der Waals surface area (Å²) in [5.41, 5.74) is 3.25. The Balaban J connectivity index is 2.15. The van der Waals surface area contributed by atoms with Gasteiger partial charge in [-0.15, -0.1) is 0 Å². The fourth-order valence-electron chi connectivity index (χ4n) is 2.35. The zero-order chi connectivity index (χ0) is 12.6. The summed E-state index contributed by atoms with van der Waals surface area (Å²) in [6.07, 6.45) is 2.52. The van der Waals surface area contributed by atoms with Crippen molar-refractivity contribution in [1.82, 2.24) is 9.88 Å². The first-order valence-corrected chi connectivity index (χ1v) is 6.45. The minimum atomic E-state index is 0.207. The van der Waals surface area contributed by atoms with Crippen molar-refractivity contribution >= 4 is 5.78 Å². The second-order valence-electron chi connectivity index (χ2n) is 5.34. The van der Waals surface area contributed by atoms with Crippen molar-refractivity contribution in [3.05, 3.63) is 23.0 Å². The molecule has 1 fully saturated rings. The summed E-state index contributed by atoms with van der Waals surface area (Å²) in [4.78, 5) is 12.1. The minimum Gasteiger partial charge on any atom is -0.345 e. The van der Waals surface area contributed by atoms with Gasteiger partial charge in [0.05, 0.1) is 6.54 Å². The van der Waals surface area contributed by atoms with Crippen LogP contribution in [0.25, 0.3) is 0 Å². The van der Waals surface area contributed by atoms with Gasteiger partial charge in [-0.2, -0.15) is 0 Å². The number of aromatic nitrogens is 1. The van der Waals surface area contributed by atoms with E-state index in [1.54, 1.807) is 0 Å². The van der Waals surface area contributed by atoms with E-state index in [1.165, 1.54) is 18.5 Å². The lowest BCUT2D eigenvalue weighted by molar-refractivity contribution is 0.0988. The van der Waals surface area contributed by atoms with Gasteiger partial charge >= 0.3 is 0 Å². The standard InChI is InChI=1S/C14H22N2O/c1-9(2)15-8-14(17)13-7-10(3)16(11(13)4)12-5-6-12/h7,9,12,15H,5-6,8H2,1-4H3. The van der Waals surface area contributed by atoms with Gasteiger partial charge in [-0.25, -0.2) is 0 Å². The number of carbonyl (C=O) groups is 1. The van der Waals surface area contributed by atoms with Crippen LogP contribution in [0.1, 0.15) is 54.5 Å². The van der Waals surface area contributed by atoms with Gasteiger partial charge in [0.1, 0.15) is 0 Å². The van der Waals surface area contributed by atoms with Crippen LogP contribution in [-0.4, -0.2) is 22.9 Å². The largest absolute Gasteiger partial charge is 0.345 e. The molecule has 1 aliphatic rings. The van der Waals surface area contributed by atoms with Crippen LogP contribution >= 0.6 is 0 Å². The van der Waals surface area contributed by atoms with E-state index >= 15 is 0 Å². The number of Topliss-reactive ketones (excluding diaryl/α,β-unsaturated/α-hetero) is 1. The maximum absolute atomic E-state index is 12.1. The third kappa shape index (κ3) is 2.60. The van der Waals surface area contributed by atoms with E-state index in [1.807, 2.05) is 6.07 Å². The van der Waals surface area contributed by atoms with Crippen molar-refractivity contribution in [2.45, 2.75) is 52.6 Å². The maximum Gasteiger partial charge on any atom is 0.178 e. The summed E-state index contributed by atoms with van der Waals surface area (Å²) in [6.45, 7) is 8.71. The number of hydrogen-bond acceptors (Lipinski definition) is 2. The smallest absolute Gasteiger partial charge is 0.178 e. The number of rotatable bonds is 5. The summed E-state index contributed by atoms with van der Waals surface area (Å²) >= 11 is 0. The summed E-state index contributed by atoms with van der Waals surface area (Å²) in [7, 11) is 0. The first kappa shape index (κ1) is 12.4. The second kappa shape index (κ2) is 4.65. The predicted octanol–water partition coefficient (Wildman–Crippen LogP) is 2.62. The number of hydrogen-bond donors (Lipinski definition) is 1. The van der Waals surface area contributed by atoms with Gasteiger partial charge in [0.2, 0.25) is 0 Å². The van der Waals surface area contributed by atoms with E-state index < -0.39 is 0 Å². The first-order chi connectivity index (χ1) is 8.00. The lowest BCUT2D eigenvalue weighted by Gasteiger charge is -2.09. The topological polar surface area (TPSA) is 34.0 Å². The van der Waals surface area contributed by atoms with E-state index in [0.29, 0.717) is 18.6 Å². The summed E-state index contributed by atoms with van der Waals surface area (Å²) < 4.78 is 2.32. The van der Waals surface area contributed by atoms with Crippen LogP contribution in [-0.2, 0) is 0 Å². The third-order valence-electron chi connectivity index (χ3n) is 3.37. The Hall–Kier alpha value is -1.09. The molecular weight excluding hydrogens is 212 g/mol. The number of ketones is 1. The lowest BCUT2D eigenvalue weighted by atomic mass is 10.1. The normalized spacial score (nSPS) is 15.6. The lowest BCUT2D eigenvalue weighted by Crippen LogP contribution is -2.29. The molecule has 1 aromatic rings. The molecule has 17 heavy (non-hydrogen) atoms. The third-order valence-corrected chi connectivity index (χ3v) is 3.37. The fourth-order valence-corrected chi connectivity index (χ4v) is 2.35. The number of nitrogens with one attached hydrogen (secondary N) is 1. The summed E-state index contributed by atoms with van der Waals surface area (Å²) in [5, 5.41) is 3.19. The van der Waals surface area contributed by atoms with Gasteiger partial charge in [0, 0.05) is 29.0 Å². The minimum absolute atomic E-state index is 0.207. The van der Waals surface area contributed by atoms with Crippen molar-refractivity contribution < 1.29 is 4.79 Å². The van der Waals surface area contributed by atoms with E-state index in [4.69, 9.17) is 0 Å². The van der Waals surface area contributed by atoms with Gasteiger partial charge < -0.3 is 9.88 Å². The Labute approximate surface area is 103 Å². The van der Waals surface area contributed by atoms with E-state index in [2.05, 4.69) is 37.6 Å². The van der Waals surface area contributed by atoms with Crippen molar-refractivity contribution in [3.8, 4) is 0 Å². The Kier molecular flexibility index (Phi) is 3.38. The highest BCUT2D eigenvalue weighted by atomic mass is 16.1. The molecule has 0 saturated heterocycles. The Morgan fingerprint density at radius 1 is 1.47 bits per heavy atom. The number of carbonyl (C=O) groups excluding carboxylic acids is 1. The summed E-state index contributed by atoms with van der Waals surface area (Å²) in [5.74, 6) is 0.207. The molecule has 0 bridgehead atoms. The Bertz CT molecular complexity index is 428. The first-order valence-electron chi connectivity index (χ1n) is 6.45. The van der Waals surface area contributed by atoms with Crippen LogP contribution in [0.3, 0.4) is 0 Å². The van der Waals surface area contributed by atoms with Crippen molar-refractivity contribution in [3.63, 3.8) is 0 Å². The SMILES string of the molecule is Cc1cc(C(=O)CNC(C)C)c(C)n1C1CC1. The monoisotopic (exact) mass is 234 g/mol. The molecule has 94 valence electrons. The van der Waals surface area contributed by atoms with Gasteiger partial charge in [0.15, 0.2) is 5.78 Å². The number of aryl methyl sites for hydroxylation is 1. The average molecular weight is 234 g/mol. The molecule has 1 aliphatic carbocycles. The molecule has 0 spiro atoms. The zero-order valence-electron chi connectivity index (χ0n) is 11.2. The Morgan fingerprint density at radius 2 is 2.12 bits per heavy atom. The van der Waals surface area contributed by atoms with Crippen LogP contribution in [0.2, 0.25) is 0 Å². The molecule has 0 aromatic carbocycles. The van der Waals surface area contributed by atoms with Crippen LogP contribution < -0.4 is 5.32 Å². The molecule has 0 unspecified atom stereocenters. The molecule has 2 rings (SSSR count). The number of nitrogens with zero attached hydrogens (tertiary/aromatic N) is 1. The van der Waals surface area contributed by atoms with Crippen LogP contribution in [0.4, 0.5) is 0 Å². The highest BCUT2D eigenvalue weighted by Crippen LogP contribution is 2.38. The predicted molar refractivity (Wildman–Crippen MR) is 69.6 cm³/mol. The molecule has 3 nitrogen and oxygen atoms in total. The van der Waals surface area contributed by atoms with Crippen molar-refractivity contribution in [1.29, 1.82) is 0 Å². The molecule has 1 aromatic heterocycles. The van der Waals surface area contributed by atoms with E-state index in [-0.39, 0.29) is 5.78 Å². The van der Waals surface area contributed by atoms with Gasteiger partial charge in [-0.05, 0) is 32.8 Å². The van der Waals surface area contributed by atoms with Crippen LogP contribution in [0, 0.1) is 13.8 Å². The molecule has 0 atom stereocenters. The quantitative estimate of drug-likeness (QED) is 0.795. The molecule has 0 aliphatic heterocycles. The molecule has 1 N–H and O–H groups in total. The average Bonchev–Trinajstić information content (AvgIpc) is 3.03. The molecule has 1 heterocycles. The second-order valence-corrected chi connectivity index (χ2v) is 5.34. The Morgan fingerprint density at radius 3 is 2.65 bits per heavy atom. The van der Waals surface area contributed by atoms with Gasteiger partial charge in [-0.1, -0.05) is 13.8 Å². The van der Waals surface area contributed by atoms with Gasteiger partial charge in [-0.3, -0.25) is 4.79 Å². The molecule has 1 saturated carbocycles. The van der Waals surface area contributed by atoms with Crippen LogP contribution in [0.5, 0.6) is 0 Å².